The number of fused-ring (bicyclic) bond motifs is 11. The Balaban J connectivity index is 1.19. The summed E-state index contributed by atoms with van der Waals surface area (Å²) in [7, 11) is 0. The highest BCUT2D eigenvalue weighted by molar-refractivity contribution is 6.24. The molecule has 240 valence electrons. The third-order valence-electron chi connectivity index (χ3n) is 10.00. The summed E-state index contributed by atoms with van der Waals surface area (Å²) in [5, 5.41) is 7.96. The zero-order valence-corrected chi connectivity index (χ0v) is 27.7. The zero-order valence-electron chi connectivity index (χ0n) is 27.7. The number of benzene rings is 6. The standard InChI is InChI=1S/C46H31N5/c1-30-15-4-3-13-28-50(31-16-5-2-6-17-31)40-26-27-41-44(43(30)40)36-22-11-12-24-39(36)51(41)42-25-14-23-38(48-42)46-47-29-37-34-20-8-7-18-32(34)33-19-9-10-21-35(33)45(37)49-46/h2-27,29H,1,28H2/b13-3-,15-4-. The van der Waals surface area contributed by atoms with Crippen LogP contribution in [0.15, 0.2) is 171 Å². The van der Waals surface area contributed by atoms with Crippen LogP contribution in [0.5, 0.6) is 0 Å². The second-order valence-electron chi connectivity index (χ2n) is 12.9. The summed E-state index contributed by atoms with van der Waals surface area (Å²) >= 11 is 0. The van der Waals surface area contributed by atoms with Gasteiger partial charge < -0.3 is 4.90 Å². The quantitative estimate of drug-likeness (QED) is 0.178. The summed E-state index contributed by atoms with van der Waals surface area (Å²) in [6.45, 7) is 5.33. The molecule has 0 unspecified atom stereocenters. The van der Waals surface area contributed by atoms with Crippen molar-refractivity contribution < 1.29 is 0 Å². The lowest BCUT2D eigenvalue weighted by molar-refractivity contribution is 1.06. The van der Waals surface area contributed by atoms with Crippen LogP contribution >= 0.6 is 0 Å². The first-order valence-electron chi connectivity index (χ1n) is 17.2. The van der Waals surface area contributed by atoms with E-state index >= 15 is 0 Å². The maximum atomic E-state index is 5.26. The Kier molecular flexibility index (Phi) is 6.64. The van der Waals surface area contributed by atoms with Gasteiger partial charge in [0.05, 0.1) is 22.2 Å². The summed E-state index contributed by atoms with van der Waals surface area (Å²) in [6, 6.07) is 46.7. The Morgan fingerprint density at radius 2 is 1.27 bits per heavy atom. The van der Waals surface area contributed by atoms with Crippen LogP contribution in [0.1, 0.15) is 5.56 Å². The smallest absolute Gasteiger partial charge is 0.178 e. The van der Waals surface area contributed by atoms with Gasteiger partial charge in [0.15, 0.2) is 5.82 Å². The number of para-hydroxylation sites is 2. The van der Waals surface area contributed by atoms with Crippen molar-refractivity contribution in [3.63, 3.8) is 0 Å². The third kappa shape index (κ3) is 4.59. The molecule has 51 heavy (non-hydrogen) atoms. The minimum atomic E-state index is 0.594. The van der Waals surface area contributed by atoms with E-state index in [1.807, 2.05) is 18.3 Å². The summed E-state index contributed by atoms with van der Waals surface area (Å²) in [6.07, 6.45) is 10.4. The first-order valence-corrected chi connectivity index (χ1v) is 17.2. The van der Waals surface area contributed by atoms with Gasteiger partial charge in [0.1, 0.15) is 11.5 Å². The van der Waals surface area contributed by atoms with Crippen LogP contribution in [0, 0.1) is 0 Å². The Labute approximate surface area is 294 Å². The minimum absolute atomic E-state index is 0.594. The van der Waals surface area contributed by atoms with Crippen LogP contribution < -0.4 is 4.90 Å². The Hall–Kier alpha value is -6.85. The number of aromatic nitrogens is 4. The average Bonchev–Trinajstić information content (AvgIpc) is 3.56. The van der Waals surface area contributed by atoms with E-state index in [0.29, 0.717) is 11.5 Å². The minimum Gasteiger partial charge on any atom is -0.337 e. The summed E-state index contributed by atoms with van der Waals surface area (Å²) in [5.41, 5.74) is 8.09. The van der Waals surface area contributed by atoms with Gasteiger partial charge in [0.2, 0.25) is 0 Å². The molecule has 0 saturated heterocycles. The van der Waals surface area contributed by atoms with Gasteiger partial charge >= 0.3 is 0 Å². The predicted molar refractivity (Wildman–Crippen MR) is 213 cm³/mol. The Morgan fingerprint density at radius 1 is 0.569 bits per heavy atom. The van der Waals surface area contributed by atoms with Gasteiger partial charge in [-0.05, 0) is 64.2 Å². The van der Waals surface area contributed by atoms with Crippen LogP contribution in [-0.4, -0.2) is 26.1 Å². The van der Waals surface area contributed by atoms with Crippen molar-refractivity contribution in [1.82, 2.24) is 19.5 Å². The van der Waals surface area contributed by atoms with E-state index in [-0.39, 0.29) is 0 Å². The number of nitrogens with zero attached hydrogens (tertiary/aromatic N) is 5. The SMILES string of the molecule is C=C1/C=C\C=C/CN(c2ccccc2)c2ccc3c(c21)c1ccccc1n3-c1cccc(-c2ncc3c4ccccc4c4ccccc4c3n2)n1. The maximum absolute atomic E-state index is 5.26. The molecular formula is C46H31N5. The molecule has 5 heteroatoms. The highest BCUT2D eigenvalue weighted by atomic mass is 15.1. The summed E-state index contributed by atoms with van der Waals surface area (Å²) < 4.78 is 2.26. The predicted octanol–water partition coefficient (Wildman–Crippen LogP) is 11.4. The Bertz CT molecular complexity index is 2880. The first kappa shape index (κ1) is 29.1. The van der Waals surface area contributed by atoms with Crippen molar-refractivity contribution >= 4 is 71.2 Å². The molecule has 0 bridgehead atoms. The van der Waals surface area contributed by atoms with Crippen molar-refractivity contribution in [2.24, 2.45) is 0 Å². The lowest BCUT2D eigenvalue weighted by atomic mass is 9.97. The largest absolute Gasteiger partial charge is 0.337 e. The lowest BCUT2D eigenvalue weighted by Crippen LogP contribution is -2.18. The molecule has 0 amide bonds. The van der Waals surface area contributed by atoms with Gasteiger partial charge in [-0.25, -0.2) is 15.0 Å². The summed E-state index contributed by atoms with van der Waals surface area (Å²) in [5.74, 6) is 1.40. The van der Waals surface area contributed by atoms with Crippen molar-refractivity contribution in [3.05, 3.63) is 176 Å². The average molecular weight is 654 g/mol. The second-order valence-corrected chi connectivity index (χ2v) is 12.9. The molecule has 0 N–H and O–H groups in total. The van der Waals surface area contributed by atoms with E-state index < -0.39 is 0 Å². The van der Waals surface area contributed by atoms with Gasteiger partial charge in [-0.15, -0.1) is 0 Å². The molecule has 10 rings (SSSR count). The monoisotopic (exact) mass is 653 g/mol. The molecule has 0 spiro atoms. The van der Waals surface area contributed by atoms with E-state index in [1.54, 1.807) is 0 Å². The van der Waals surface area contributed by atoms with Crippen molar-refractivity contribution in [3.8, 4) is 17.3 Å². The third-order valence-corrected chi connectivity index (χ3v) is 10.00. The van der Waals surface area contributed by atoms with Gasteiger partial charge in [-0.2, -0.15) is 0 Å². The Morgan fingerprint density at radius 3 is 2.10 bits per heavy atom. The van der Waals surface area contributed by atoms with Gasteiger partial charge in [0, 0.05) is 45.5 Å². The number of anilines is 2. The van der Waals surface area contributed by atoms with Gasteiger partial charge in [-0.3, -0.25) is 4.57 Å². The van der Waals surface area contributed by atoms with Crippen LogP contribution in [0.2, 0.25) is 0 Å². The van der Waals surface area contributed by atoms with E-state index in [1.165, 1.54) is 10.8 Å². The summed E-state index contributed by atoms with van der Waals surface area (Å²) in [4.78, 5) is 17.7. The van der Waals surface area contributed by atoms with Crippen LogP contribution in [0.25, 0.3) is 77.2 Å². The molecule has 1 aliphatic heterocycles. The van der Waals surface area contributed by atoms with Gasteiger partial charge in [0.25, 0.3) is 0 Å². The highest BCUT2D eigenvalue weighted by Gasteiger charge is 2.23. The molecule has 5 nitrogen and oxygen atoms in total. The van der Waals surface area contributed by atoms with Crippen LogP contribution in [0.3, 0.4) is 0 Å². The molecule has 4 heterocycles. The molecule has 0 fully saturated rings. The number of hydrogen-bond donors (Lipinski definition) is 0. The molecule has 1 aliphatic rings. The molecular weight excluding hydrogens is 623 g/mol. The number of hydrogen-bond acceptors (Lipinski definition) is 4. The zero-order chi connectivity index (χ0) is 33.9. The van der Waals surface area contributed by atoms with Crippen LogP contribution in [-0.2, 0) is 0 Å². The van der Waals surface area contributed by atoms with E-state index in [4.69, 9.17) is 15.0 Å². The highest BCUT2D eigenvalue weighted by Crippen LogP contribution is 2.43. The maximum Gasteiger partial charge on any atom is 0.178 e. The van der Waals surface area contributed by atoms with Crippen molar-refractivity contribution in [2.75, 3.05) is 11.4 Å². The molecule has 3 aromatic heterocycles. The molecule has 6 aromatic carbocycles. The lowest BCUT2D eigenvalue weighted by Gasteiger charge is -2.27. The molecule has 0 atom stereocenters. The normalized spacial score (nSPS) is 14.5. The van der Waals surface area contributed by atoms with E-state index in [2.05, 4.69) is 162 Å². The van der Waals surface area contributed by atoms with Crippen molar-refractivity contribution in [2.45, 2.75) is 0 Å². The number of pyridine rings is 1. The second kappa shape index (κ2) is 11.6. The van der Waals surface area contributed by atoms with E-state index in [0.717, 1.165) is 78.4 Å². The number of allylic oxidation sites excluding steroid dienone is 4. The fourth-order valence-corrected chi connectivity index (χ4v) is 7.75. The molecule has 9 aromatic rings. The fourth-order valence-electron chi connectivity index (χ4n) is 7.75. The fraction of sp³-hybridized carbons (Fsp3) is 0.0217. The topological polar surface area (TPSA) is 46.8 Å². The van der Waals surface area contributed by atoms with Crippen molar-refractivity contribution in [1.29, 1.82) is 0 Å². The molecule has 0 radical (unpaired) electrons. The van der Waals surface area contributed by atoms with Gasteiger partial charge in [-0.1, -0.05) is 122 Å². The first-order chi connectivity index (χ1) is 25.2. The number of rotatable bonds is 3. The van der Waals surface area contributed by atoms with Crippen LogP contribution in [0.4, 0.5) is 11.4 Å². The molecule has 0 aliphatic carbocycles. The molecule has 0 saturated carbocycles. The van der Waals surface area contributed by atoms with E-state index in [9.17, 15) is 0 Å².